The van der Waals surface area contributed by atoms with Crippen LogP contribution in [0.25, 0.3) is 21.3 Å². The first kappa shape index (κ1) is 25.3. The van der Waals surface area contributed by atoms with Gasteiger partial charge in [0.15, 0.2) is 11.9 Å². The molecule has 2 aliphatic heterocycles. The summed E-state index contributed by atoms with van der Waals surface area (Å²) < 4.78 is 16.1. The molecule has 1 N–H and O–H groups in total. The summed E-state index contributed by atoms with van der Waals surface area (Å²) in [4.78, 5) is 31.0. The van der Waals surface area contributed by atoms with Crippen LogP contribution >= 0.6 is 22.9 Å². The van der Waals surface area contributed by atoms with Gasteiger partial charge in [-0.25, -0.2) is 4.79 Å². The number of nitrogens with one attached hydrogen (secondary N) is 1. The summed E-state index contributed by atoms with van der Waals surface area (Å²) in [5.74, 6) is 1.53. The number of thiophene rings is 1. The third-order valence-electron chi connectivity index (χ3n) is 7.55. The largest absolute Gasteiger partial charge is 0.481 e. The molecule has 0 bridgehead atoms. The Morgan fingerprint density at radius 3 is 2.92 bits per heavy atom. The molecule has 2 aliphatic rings. The standard InChI is InChI=1S/C29H26ClN5O4S/c1-15(2)34-8-5-25(36)35(29(34)37)14-18-12-23-28(40-18)19(3-7-32-23)20-11-17(30)9-16-10-24(38-26(16)20)27-21-13-31-6-4-22(21)33-39-27/h3,5,7-9,11-12,15,24,31H,4,6,10,13-14H2,1-2H3/t24-/m1/s1. The highest BCUT2D eigenvalue weighted by Gasteiger charge is 2.34. The molecule has 0 saturated heterocycles. The summed E-state index contributed by atoms with van der Waals surface area (Å²) in [5.41, 5.74) is 5.01. The predicted octanol–water partition coefficient (Wildman–Crippen LogP) is 4.88. The molecule has 9 nitrogen and oxygen atoms in total. The lowest BCUT2D eigenvalue weighted by Gasteiger charge is -2.15. The van der Waals surface area contributed by atoms with Gasteiger partial charge < -0.3 is 14.6 Å². The second-order valence-corrected chi connectivity index (χ2v) is 12.0. The first-order valence-electron chi connectivity index (χ1n) is 13.2. The van der Waals surface area contributed by atoms with Crippen molar-refractivity contribution in [3.63, 3.8) is 0 Å². The molecular weight excluding hydrogens is 550 g/mol. The smallest absolute Gasteiger partial charge is 0.331 e. The van der Waals surface area contributed by atoms with Gasteiger partial charge in [-0.3, -0.25) is 18.9 Å². The van der Waals surface area contributed by atoms with E-state index in [9.17, 15) is 9.59 Å². The van der Waals surface area contributed by atoms with Gasteiger partial charge >= 0.3 is 5.69 Å². The molecule has 0 radical (unpaired) electrons. The van der Waals surface area contributed by atoms with Crippen LogP contribution in [0.15, 0.2) is 56.8 Å². The van der Waals surface area contributed by atoms with Crippen molar-refractivity contribution in [1.82, 2.24) is 24.6 Å². The van der Waals surface area contributed by atoms with Crippen molar-refractivity contribution >= 4 is 33.2 Å². The summed E-state index contributed by atoms with van der Waals surface area (Å²) in [7, 11) is 0. The average Bonchev–Trinajstić information content (AvgIpc) is 3.66. The molecule has 1 atom stereocenters. The molecule has 40 heavy (non-hydrogen) atoms. The number of halogens is 1. The molecule has 0 fully saturated rings. The van der Waals surface area contributed by atoms with E-state index in [4.69, 9.17) is 20.9 Å². The zero-order valence-electron chi connectivity index (χ0n) is 21.9. The maximum Gasteiger partial charge on any atom is 0.331 e. The van der Waals surface area contributed by atoms with E-state index in [1.807, 2.05) is 38.1 Å². The third-order valence-corrected chi connectivity index (χ3v) is 8.91. The molecular formula is C29H26ClN5O4S. The van der Waals surface area contributed by atoms with Crippen molar-refractivity contribution in [1.29, 1.82) is 0 Å². The summed E-state index contributed by atoms with van der Waals surface area (Å²) >= 11 is 8.12. The van der Waals surface area contributed by atoms with Crippen LogP contribution in [0, 0.1) is 0 Å². The first-order valence-corrected chi connectivity index (χ1v) is 14.4. The summed E-state index contributed by atoms with van der Waals surface area (Å²) in [6.07, 6.45) is 4.49. The van der Waals surface area contributed by atoms with Gasteiger partial charge in [0, 0.05) is 82.6 Å². The zero-order chi connectivity index (χ0) is 27.5. The fourth-order valence-corrected chi connectivity index (χ4v) is 6.96. The fourth-order valence-electron chi connectivity index (χ4n) is 5.59. The first-order chi connectivity index (χ1) is 19.4. The number of ether oxygens (including phenoxy) is 1. The van der Waals surface area contributed by atoms with Gasteiger partial charge in [-0.15, -0.1) is 11.3 Å². The average molecular weight is 576 g/mol. The molecule has 7 rings (SSSR count). The molecule has 4 aromatic heterocycles. The Hall–Kier alpha value is -3.73. The number of hydrogen-bond acceptors (Lipinski definition) is 8. The molecule has 11 heteroatoms. The van der Waals surface area contributed by atoms with Crippen molar-refractivity contribution in [3.8, 4) is 16.9 Å². The number of fused-ring (bicyclic) bond motifs is 3. The van der Waals surface area contributed by atoms with E-state index in [1.54, 1.807) is 17.0 Å². The van der Waals surface area contributed by atoms with Gasteiger partial charge in [0.05, 0.1) is 22.5 Å². The lowest BCUT2D eigenvalue weighted by Crippen LogP contribution is -2.39. The van der Waals surface area contributed by atoms with Crippen LogP contribution in [0.2, 0.25) is 5.02 Å². The van der Waals surface area contributed by atoms with Crippen LogP contribution in [-0.4, -0.2) is 25.8 Å². The second kappa shape index (κ2) is 9.72. The molecule has 0 amide bonds. The number of pyridine rings is 1. The number of aromatic nitrogens is 4. The second-order valence-electron chi connectivity index (χ2n) is 10.5. The van der Waals surface area contributed by atoms with Crippen molar-refractivity contribution in [2.24, 2.45) is 0 Å². The predicted molar refractivity (Wildman–Crippen MR) is 154 cm³/mol. The van der Waals surface area contributed by atoms with Gasteiger partial charge in [0.25, 0.3) is 5.56 Å². The van der Waals surface area contributed by atoms with Crippen LogP contribution in [0.1, 0.15) is 53.5 Å². The van der Waals surface area contributed by atoms with E-state index in [-0.39, 0.29) is 29.9 Å². The van der Waals surface area contributed by atoms with E-state index in [0.717, 1.165) is 67.5 Å². The van der Waals surface area contributed by atoms with Gasteiger partial charge in [-0.1, -0.05) is 16.8 Å². The summed E-state index contributed by atoms with van der Waals surface area (Å²) in [6, 6.07) is 9.13. The van der Waals surface area contributed by atoms with E-state index < -0.39 is 0 Å². The minimum Gasteiger partial charge on any atom is -0.481 e. The van der Waals surface area contributed by atoms with Gasteiger partial charge in [0.2, 0.25) is 0 Å². The van der Waals surface area contributed by atoms with Crippen LogP contribution in [0.3, 0.4) is 0 Å². The van der Waals surface area contributed by atoms with E-state index in [0.29, 0.717) is 18.0 Å². The van der Waals surface area contributed by atoms with E-state index >= 15 is 0 Å². The Balaban J connectivity index is 1.28. The molecule has 0 unspecified atom stereocenters. The van der Waals surface area contributed by atoms with Gasteiger partial charge in [-0.05, 0) is 38.1 Å². The molecule has 0 aliphatic carbocycles. The lowest BCUT2D eigenvalue weighted by molar-refractivity contribution is 0.189. The lowest BCUT2D eigenvalue weighted by atomic mass is 9.99. The van der Waals surface area contributed by atoms with Crippen molar-refractivity contribution < 1.29 is 9.26 Å². The van der Waals surface area contributed by atoms with Crippen LogP contribution < -0.4 is 21.3 Å². The topological polar surface area (TPSA) is 104 Å². The third kappa shape index (κ3) is 4.18. The highest BCUT2D eigenvalue weighted by Crippen LogP contribution is 2.48. The normalized spacial score (nSPS) is 16.4. The Labute approximate surface area is 238 Å². The quantitative estimate of drug-likeness (QED) is 0.318. The highest BCUT2D eigenvalue weighted by atomic mass is 35.5. The Morgan fingerprint density at radius 1 is 1.20 bits per heavy atom. The maximum atomic E-state index is 13.0. The molecule has 1 aromatic carbocycles. The van der Waals surface area contributed by atoms with Crippen molar-refractivity contribution in [3.05, 3.63) is 96.0 Å². The van der Waals surface area contributed by atoms with E-state index in [1.165, 1.54) is 22.0 Å². The molecule has 0 spiro atoms. The van der Waals surface area contributed by atoms with Gasteiger partial charge in [-0.2, -0.15) is 0 Å². The maximum absolute atomic E-state index is 13.0. The van der Waals surface area contributed by atoms with Crippen LogP contribution in [0.4, 0.5) is 0 Å². The Bertz CT molecular complexity index is 1900. The molecule has 0 saturated carbocycles. The number of benzene rings is 1. The monoisotopic (exact) mass is 575 g/mol. The molecule has 5 aromatic rings. The molecule has 204 valence electrons. The number of rotatable bonds is 5. The Morgan fingerprint density at radius 2 is 2.08 bits per heavy atom. The van der Waals surface area contributed by atoms with Crippen molar-refractivity contribution in [2.45, 2.75) is 51.9 Å². The number of nitrogens with zero attached hydrogens (tertiary/aromatic N) is 4. The minimum absolute atomic E-state index is 0.0532. The van der Waals surface area contributed by atoms with Crippen molar-refractivity contribution in [2.75, 3.05) is 6.54 Å². The van der Waals surface area contributed by atoms with Crippen LogP contribution in [0.5, 0.6) is 5.75 Å². The Kier molecular flexibility index (Phi) is 6.14. The molecule has 6 heterocycles. The fraction of sp³-hybridized carbons (Fsp3) is 0.310. The number of hydrogen-bond donors (Lipinski definition) is 1. The SMILES string of the molecule is CC(C)n1ccc(=O)n(Cc2cc3nccc(-c4cc(Cl)cc5c4O[C@@H](c4onc6c4CNCC6)C5)c3s2)c1=O. The van der Waals surface area contributed by atoms with E-state index in [2.05, 4.69) is 15.5 Å². The van der Waals surface area contributed by atoms with Crippen LogP contribution in [-0.2, 0) is 25.9 Å². The summed E-state index contributed by atoms with van der Waals surface area (Å²) in [5, 5.41) is 8.30. The highest BCUT2D eigenvalue weighted by molar-refractivity contribution is 7.19. The summed E-state index contributed by atoms with van der Waals surface area (Å²) in [6.45, 7) is 5.60. The minimum atomic E-state index is -0.329. The zero-order valence-corrected chi connectivity index (χ0v) is 23.5. The van der Waals surface area contributed by atoms with Gasteiger partial charge in [0.1, 0.15) is 5.75 Å².